The zero-order chi connectivity index (χ0) is 9.42. The van der Waals surface area contributed by atoms with E-state index in [0.717, 1.165) is 17.8 Å². The van der Waals surface area contributed by atoms with Crippen LogP contribution in [-0.2, 0) is 0 Å². The van der Waals surface area contributed by atoms with Crippen LogP contribution < -0.4 is 0 Å². The Morgan fingerprint density at radius 1 is 1.31 bits per heavy atom. The van der Waals surface area contributed by atoms with Crippen LogP contribution in [0, 0.1) is 23.7 Å². The van der Waals surface area contributed by atoms with Gasteiger partial charge in [0.25, 0.3) is 0 Å². The second-order valence-corrected chi connectivity index (χ2v) is 4.49. The van der Waals surface area contributed by atoms with Crippen LogP contribution in [0.25, 0.3) is 0 Å². The van der Waals surface area contributed by atoms with Crippen molar-refractivity contribution >= 4 is 0 Å². The topological polar surface area (TPSA) is 0 Å². The summed E-state index contributed by atoms with van der Waals surface area (Å²) < 4.78 is 0. The van der Waals surface area contributed by atoms with Crippen molar-refractivity contribution in [2.75, 3.05) is 0 Å². The first-order valence-electron chi connectivity index (χ1n) is 5.18. The second-order valence-electron chi connectivity index (χ2n) is 4.49. The minimum atomic E-state index is 0.699. The van der Waals surface area contributed by atoms with E-state index in [-0.39, 0.29) is 0 Å². The Hall–Kier alpha value is -0.780. The van der Waals surface area contributed by atoms with Crippen LogP contribution in [0.4, 0.5) is 0 Å². The van der Waals surface area contributed by atoms with Crippen LogP contribution in [0.1, 0.15) is 19.8 Å². The molecule has 0 bridgehead atoms. The van der Waals surface area contributed by atoms with Gasteiger partial charge >= 0.3 is 0 Å². The lowest BCUT2D eigenvalue weighted by Gasteiger charge is -2.15. The minimum Gasteiger partial charge on any atom is -0.103 e. The van der Waals surface area contributed by atoms with Gasteiger partial charge < -0.3 is 0 Å². The van der Waals surface area contributed by atoms with E-state index < -0.39 is 0 Å². The first-order valence-corrected chi connectivity index (χ1v) is 5.18. The molecule has 2 rings (SSSR count). The fourth-order valence-corrected chi connectivity index (χ4v) is 3.08. The summed E-state index contributed by atoms with van der Waals surface area (Å²) in [5.41, 5.74) is 1.56. The smallest absolute Gasteiger partial charge is 0.0131 e. The van der Waals surface area contributed by atoms with Crippen molar-refractivity contribution < 1.29 is 0 Å². The van der Waals surface area contributed by atoms with Crippen molar-refractivity contribution in [1.82, 2.24) is 0 Å². The maximum absolute atomic E-state index is 3.94. The zero-order valence-corrected chi connectivity index (χ0v) is 8.37. The molecule has 0 spiro atoms. The number of fused-ring (bicyclic) bond motifs is 1. The molecule has 2 aliphatic carbocycles. The molecule has 1 saturated carbocycles. The Morgan fingerprint density at radius 2 is 2.00 bits per heavy atom. The van der Waals surface area contributed by atoms with Gasteiger partial charge in [0, 0.05) is 0 Å². The van der Waals surface area contributed by atoms with Gasteiger partial charge in [0.1, 0.15) is 0 Å². The minimum absolute atomic E-state index is 0.699. The van der Waals surface area contributed by atoms with Gasteiger partial charge in [-0.05, 0) is 43.4 Å². The molecule has 0 aromatic carbocycles. The Morgan fingerprint density at radius 3 is 2.62 bits per heavy atom. The van der Waals surface area contributed by atoms with E-state index in [2.05, 4.69) is 38.3 Å². The van der Waals surface area contributed by atoms with E-state index >= 15 is 0 Å². The molecule has 0 amide bonds. The van der Waals surface area contributed by atoms with Crippen molar-refractivity contribution in [3.8, 4) is 0 Å². The van der Waals surface area contributed by atoms with Crippen molar-refractivity contribution in [2.45, 2.75) is 19.8 Å². The molecular formula is C13H18. The van der Waals surface area contributed by atoms with Gasteiger partial charge in [0.2, 0.25) is 0 Å². The standard InChI is InChI=1S/C13H18/c1-4-10-8-11(5-2)13-7-9(3)6-12(10)13/h4-6,10-13H,1-2,7-8H2,3H3. The quantitative estimate of drug-likeness (QED) is 0.561. The molecular weight excluding hydrogens is 156 g/mol. The van der Waals surface area contributed by atoms with Crippen molar-refractivity contribution in [2.24, 2.45) is 23.7 Å². The summed E-state index contributed by atoms with van der Waals surface area (Å²) >= 11 is 0. The van der Waals surface area contributed by atoms with Crippen molar-refractivity contribution in [1.29, 1.82) is 0 Å². The van der Waals surface area contributed by atoms with Crippen molar-refractivity contribution in [3.63, 3.8) is 0 Å². The summed E-state index contributed by atoms with van der Waals surface area (Å²) in [6.07, 6.45) is 9.29. The third kappa shape index (κ3) is 1.29. The average molecular weight is 174 g/mol. The molecule has 70 valence electrons. The Labute approximate surface area is 81.0 Å². The van der Waals surface area contributed by atoms with E-state index in [0.29, 0.717) is 5.92 Å². The number of hydrogen-bond acceptors (Lipinski definition) is 0. The first-order chi connectivity index (χ1) is 6.26. The van der Waals surface area contributed by atoms with Gasteiger partial charge in [-0.25, -0.2) is 0 Å². The van der Waals surface area contributed by atoms with E-state index in [1.807, 2.05) is 0 Å². The highest BCUT2D eigenvalue weighted by Gasteiger charge is 2.41. The van der Waals surface area contributed by atoms with E-state index in [1.165, 1.54) is 12.8 Å². The van der Waals surface area contributed by atoms with Crippen LogP contribution in [-0.4, -0.2) is 0 Å². The van der Waals surface area contributed by atoms with Gasteiger partial charge in [-0.3, -0.25) is 0 Å². The Kier molecular flexibility index (Phi) is 2.15. The monoisotopic (exact) mass is 174 g/mol. The predicted molar refractivity (Wildman–Crippen MR) is 57.3 cm³/mol. The van der Waals surface area contributed by atoms with Gasteiger partial charge in [-0.1, -0.05) is 23.8 Å². The van der Waals surface area contributed by atoms with Crippen LogP contribution in [0.5, 0.6) is 0 Å². The molecule has 4 unspecified atom stereocenters. The normalized spacial score (nSPS) is 42.7. The van der Waals surface area contributed by atoms with Crippen molar-refractivity contribution in [3.05, 3.63) is 37.0 Å². The highest BCUT2D eigenvalue weighted by atomic mass is 14.5. The fourth-order valence-electron chi connectivity index (χ4n) is 3.08. The van der Waals surface area contributed by atoms with Crippen LogP contribution >= 0.6 is 0 Å². The maximum Gasteiger partial charge on any atom is -0.0131 e. The summed E-state index contributed by atoms with van der Waals surface area (Å²) in [6, 6.07) is 0. The molecule has 0 radical (unpaired) electrons. The summed E-state index contributed by atoms with van der Waals surface area (Å²) in [5, 5.41) is 0. The molecule has 0 aromatic rings. The van der Waals surface area contributed by atoms with Gasteiger partial charge in [-0.2, -0.15) is 0 Å². The van der Waals surface area contributed by atoms with Crippen LogP contribution in [0.15, 0.2) is 37.0 Å². The second kappa shape index (κ2) is 3.17. The third-order valence-corrected chi connectivity index (χ3v) is 3.72. The van der Waals surface area contributed by atoms with Crippen LogP contribution in [0.3, 0.4) is 0 Å². The summed E-state index contributed by atoms with van der Waals surface area (Å²) in [7, 11) is 0. The van der Waals surface area contributed by atoms with E-state index in [9.17, 15) is 0 Å². The zero-order valence-electron chi connectivity index (χ0n) is 8.37. The lowest BCUT2D eigenvalue weighted by molar-refractivity contribution is 0.411. The fraction of sp³-hybridized carbons (Fsp3) is 0.538. The maximum atomic E-state index is 3.94. The van der Waals surface area contributed by atoms with Gasteiger partial charge in [0.15, 0.2) is 0 Å². The SMILES string of the molecule is C=CC1CC(C=C)C2CC(C)=CC12. The van der Waals surface area contributed by atoms with E-state index in [1.54, 1.807) is 5.57 Å². The molecule has 0 saturated heterocycles. The molecule has 0 heteroatoms. The number of allylic oxidation sites excluding steroid dienone is 4. The van der Waals surface area contributed by atoms with Gasteiger partial charge in [0.05, 0.1) is 0 Å². The molecule has 13 heavy (non-hydrogen) atoms. The first kappa shape index (κ1) is 8.80. The summed E-state index contributed by atoms with van der Waals surface area (Å²) in [6.45, 7) is 10.1. The highest BCUT2D eigenvalue weighted by Crippen LogP contribution is 2.50. The molecule has 0 heterocycles. The molecule has 2 aliphatic rings. The largest absolute Gasteiger partial charge is 0.103 e. The molecule has 1 fully saturated rings. The molecule has 0 aromatic heterocycles. The summed E-state index contributed by atoms with van der Waals surface area (Å²) in [4.78, 5) is 0. The molecule has 0 nitrogen and oxygen atoms in total. The molecule has 0 aliphatic heterocycles. The number of hydrogen-bond donors (Lipinski definition) is 0. The predicted octanol–water partition coefficient (Wildman–Crippen LogP) is 3.58. The van der Waals surface area contributed by atoms with E-state index in [4.69, 9.17) is 0 Å². The summed E-state index contributed by atoms with van der Waals surface area (Å²) in [5.74, 6) is 3.02. The average Bonchev–Trinajstić information content (AvgIpc) is 2.61. The molecule has 0 N–H and O–H groups in total. The third-order valence-electron chi connectivity index (χ3n) is 3.72. The number of rotatable bonds is 2. The van der Waals surface area contributed by atoms with Crippen LogP contribution in [0.2, 0.25) is 0 Å². The Balaban J connectivity index is 2.22. The lowest BCUT2D eigenvalue weighted by atomic mass is 9.89. The highest BCUT2D eigenvalue weighted by molar-refractivity contribution is 5.20. The van der Waals surface area contributed by atoms with Gasteiger partial charge in [-0.15, -0.1) is 13.2 Å². The Bertz CT molecular complexity index is 259. The molecule has 4 atom stereocenters. The lowest BCUT2D eigenvalue weighted by Crippen LogP contribution is -2.09.